The Morgan fingerprint density at radius 1 is 0.900 bits per heavy atom. The van der Waals surface area contributed by atoms with E-state index in [1.165, 1.54) is 10.4 Å². The first-order valence-electron chi connectivity index (χ1n) is 15.0. The third kappa shape index (κ3) is 6.12. The summed E-state index contributed by atoms with van der Waals surface area (Å²) in [6.45, 7) is 10.3. The van der Waals surface area contributed by atoms with E-state index in [9.17, 15) is 9.90 Å². The second-order valence-electron chi connectivity index (χ2n) is 12.2. The molecule has 4 nitrogen and oxygen atoms in total. The average molecular weight is 558 g/mol. The lowest BCUT2D eigenvalue weighted by atomic mass is 9.90. The molecule has 0 saturated heterocycles. The number of benzene rings is 3. The number of carbonyl (C=O) groups excluding carboxylic acids is 1. The quantitative estimate of drug-likeness (QED) is 0.264. The molecule has 0 spiro atoms. The molecule has 214 valence electrons. The van der Waals surface area contributed by atoms with Crippen LogP contribution in [0.3, 0.4) is 0 Å². The summed E-state index contributed by atoms with van der Waals surface area (Å²) in [5.74, 6) is 0.100. The van der Waals surface area contributed by atoms with Gasteiger partial charge in [0.05, 0.1) is 6.61 Å². The molecule has 4 rings (SSSR count). The van der Waals surface area contributed by atoms with E-state index in [2.05, 4.69) is 93.3 Å². The Hall–Kier alpha value is -2.73. The van der Waals surface area contributed by atoms with E-state index in [-0.39, 0.29) is 23.1 Å². The fourth-order valence-corrected chi connectivity index (χ4v) is 11.4. The van der Waals surface area contributed by atoms with Crippen LogP contribution in [-0.2, 0) is 10.8 Å². The molecular weight excluding hydrogens is 510 g/mol. The molecule has 3 aromatic carbocycles. The average Bonchev–Trinajstić information content (AvgIpc) is 3.46. The van der Waals surface area contributed by atoms with Crippen molar-refractivity contribution in [2.24, 2.45) is 0 Å². The molecule has 0 unspecified atom stereocenters. The van der Waals surface area contributed by atoms with Crippen molar-refractivity contribution >= 4 is 24.6 Å². The minimum Gasteiger partial charge on any atom is -0.406 e. The zero-order chi connectivity index (χ0) is 28.6. The topological polar surface area (TPSA) is 49.8 Å². The van der Waals surface area contributed by atoms with Gasteiger partial charge in [0, 0.05) is 24.3 Å². The van der Waals surface area contributed by atoms with Crippen LogP contribution in [0.15, 0.2) is 84.9 Å². The smallest absolute Gasteiger partial charge is 0.261 e. The van der Waals surface area contributed by atoms with Gasteiger partial charge < -0.3 is 14.4 Å². The first-order valence-corrected chi connectivity index (χ1v) is 17.0. The summed E-state index contributed by atoms with van der Waals surface area (Å²) in [6.07, 6.45) is 6.67. The fraction of sp³-hybridized carbons (Fsp3) is 0.457. The van der Waals surface area contributed by atoms with Gasteiger partial charge >= 0.3 is 0 Å². The standard InChI is InChI=1S/C35H47NO3Si/c1-5-35(24-14-15-25-35)36(33(38)32-23-13-12-17-29(32)18-16-27-37)26-28-39-40(34(2,3)4,30-19-8-6-9-20-30)31-21-10-7-11-22-31/h6-13,17,19-23,37H,5,14-16,18,24-28H2,1-4H3. The third-order valence-corrected chi connectivity index (χ3v) is 14.0. The minimum atomic E-state index is -2.70. The maximum Gasteiger partial charge on any atom is 0.261 e. The van der Waals surface area contributed by atoms with Gasteiger partial charge in [-0.25, -0.2) is 0 Å². The van der Waals surface area contributed by atoms with E-state index in [0.29, 0.717) is 26.0 Å². The van der Waals surface area contributed by atoms with Gasteiger partial charge in [-0.3, -0.25) is 4.79 Å². The Kier molecular flexibility index (Phi) is 10.0. The van der Waals surface area contributed by atoms with Gasteiger partial charge in [-0.1, -0.05) is 119 Å². The Morgan fingerprint density at radius 2 is 1.45 bits per heavy atom. The van der Waals surface area contributed by atoms with Crippen LogP contribution in [0.5, 0.6) is 0 Å². The summed E-state index contributed by atoms with van der Waals surface area (Å²) < 4.78 is 7.24. The molecule has 1 aliphatic rings. The summed E-state index contributed by atoms with van der Waals surface area (Å²) in [7, 11) is -2.70. The van der Waals surface area contributed by atoms with E-state index < -0.39 is 8.32 Å². The molecule has 3 aromatic rings. The molecule has 0 aromatic heterocycles. The minimum absolute atomic E-state index is 0.100. The normalized spacial score (nSPS) is 15.2. The first-order chi connectivity index (χ1) is 19.3. The zero-order valence-electron chi connectivity index (χ0n) is 24.9. The molecule has 1 saturated carbocycles. The molecule has 1 fully saturated rings. The van der Waals surface area contributed by atoms with Crippen molar-refractivity contribution in [2.45, 2.75) is 83.2 Å². The molecule has 1 aliphatic carbocycles. The van der Waals surface area contributed by atoms with Gasteiger partial charge in [0.2, 0.25) is 0 Å². The SMILES string of the molecule is CCC1(N(CCO[Si](c2ccccc2)(c2ccccc2)C(C)(C)C)C(=O)c2ccccc2CCCO)CCCC1. The van der Waals surface area contributed by atoms with Crippen molar-refractivity contribution in [3.63, 3.8) is 0 Å². The van der Waals surface area contributed by atoms with Crippen LogP contribution in [0, 0.1) is 0 Å². The summed E-state index contributed by atoms with van der Waals surface area (Å²) in [6, 6.07) is 29.4. The van der Waals surface area contributed by atoms with Crippen LogP contribution in [-0.4, -0.2) is 49.5 Å². The molecular formula is C35H47NO3Si. The number of rotatable bonds is 12. The highest BCUT2D eigenvalue weighted by molar-refractivity contribution is 6.99. The van der Waals surface area contributed by atoms with E-state index in [0.717, 1.165) is 43.2 Å². The number of aliphatic hydroxyl groups excluding tert-OH is 1. The van der Waals surface area contributed by atoms with Gasteiger partial charge in [-0.2, -0.15) is 0 Å². The second kappa shape index (κ2) is 13.3. The highest BCUT2D eigenvalue weighted by atomic mass is 28.4. The number of hydrogen-bond acceptors (Lipinski definition) is 3. The summed E-state index contributed by atoms with van der Waals surface area (Å²) in [4.78, 5) is 16.6. The van der Waals surface area contributed by atoms with Gasteiger partial charge in [-0.15, -0.1) is 0 Å². The summed E-state index contributed by atoms with van der Waals surface area (Å²) in [5.41, 5.74) is 1.64. The van der Waals surface area contributed by atoms with Crippen LogP contribution in [0.2, 0.25) is 5.04 Å². The molecule has 40 heavy (non-hydrogen) atoms. The summed E-state index contributed by atoms with van der Waals surface area (Å²) in [5, 5.41) is 11.9. The van der Waals surface area contributed by atoms with Crippen molar-refractivity contribution in [2.75, 3.05) is 19.8 Å². The van der Waals surface area contributed by atoms with Crippen LogP contribution in [0.25, 0.3) is 0 Å². The fourth-order valence-electron chi connectivity index (χ4n) is 6.82. The van der Waals surface area contributed by atoms with Crippen molar-refractivity contribution < 1.29 is 14.3 Å². The molecule has 0 bridgehead atoms. The number of carbonyl (C=O) groups is 1. The maximum atomic E-state index is 14.4. The molecule has 0 radical (unpaired) electrons. The molecule has 1 amide bonds. The molecule has 0 heterocycles. The van der Waals surface area contributed by atoms with E-state index in [4.69, 9.17) is 4.43 Å². The van der Waals surface area contributed by atoms with Crippen molar-refractivity contribution in [1.82, 2.24) is 4.90 Å². The van der Waals surface area contributed by atoms with E-state index in [1.54, 1.807) is 0 Å². The lowest BCUT2D eigenvalue weighted by Crippen LogP contribution is -2.67. The van der Waals surface area contributed by atoms with E-state index in [1.807, 2.05) is 24.3 Å². The Labute approximate surface area is 242 Å². The Morgan fingerprint density at radius 3 is 1.98 bits per heavy atom. The van der Waals surface area contributed by atoms with Crippen LogP contribution in [0.1, 0.15) is 82.1 Å². The Balaban J connectivity index is 1.71. The highest BCUT2D eigenvalue weighted by Gasteiger charge is 2.50. The lowest BCUT2D eigenvalue weighted by Gasteiger charge is -2.45. The van der Waals surface area contributed by atoms with Crippen LogP contribution >= 0.6 is 0 Å². The largest absolute Gasteiger partial charge is 0.406 e. The monoisotopic (exact) mass is 557 g/mol. The molecule has 0 aliphatic heterocycles. The number of amides is 1. The van der Waals surface area contributed by atoms with Crippen LogP contribution < -0.4 is 10.4 Å². The first kappa shape index (κ1) is 30.2. The zero-order valence-corrected chi connectivity index (χ0v) is 25.9. The number of aryl methyl sites for hydroxylation is 1. The number of aliphatic hydroxyl groups is 1. The lowest BCUT2D eigenvalue weighted by molar-refractivity contribution is 0.0407. The molecule has 1 N–H and O–H groups in total. The van der Waals surface area contributed by atoms with Gasteiger partial charge in [0.15, 0.2) is 0 Å². The second-order valence-corrected chi connectivity index (χ2v) is 16.5. The van der Waals surface area contributed by atoms with Crippen molar-refractivity contribution in [3.8, 4) is 0 Å². The van der Waals surface area contributed by atoms with Gasteiger partial charge in [0.25, 0.3) is 14.2 Å². The number of hydrogen-bond donors (Lipinski definition) is 1. The summed E-state index contributed by atoms with van der Waals surface area (Å²) >= 11 is 0. The highest BCUT2D eigenvalue weighted by Crippen LogP contribution is 2.40. The third-order valence-electron chi connectivity index (χ3n) is 8.91. The van der Waals surface area contributed by atoms with Crippen LogP contribution in [0.4, 0.5) is 0 Å². The van der Waals surface area contributed by atoms with Crippen molar-refractivity contribution in [1.29, 1.82) is 0 Å². The maximum absolute atomic E-state index is 14.4. The van der Waals surface area contributed by atoms with Crippen molar-refractivity contribution in [3.05, 3.63) is 96.1 Å². The van der Waals surface area contributed by atoms with Gasteiger partial charge in [-0.05, 0) is 59.1 Å². The molecule has 0 atom stereocenters. The predicted molar refractivity (Wildman–Crippen MR) is 168 cm³/mol. The molecule has 5 heteroatoms. The Bertz CT molecular complexity index is 1180. The predicted octanol–water partition coefficient (Wildman–Crippen LogP) is 6.35. The number of nitrogens with zero attached hydrogens (tertiary/aromatic N) is 1. The van der Waals surface area contributed by atoms with E-state index >= 15 is 0 Å². The van der Waals surface area contributed by atoms with Gasteiger partial charge in [0.1, 0.15) is 0 Å².